The second kappa shape index (κ2) is 6.15. The van der Waals surface area contributed by atoms with Gasteiger partial charge in [0.15, 0.2) is 5.37 Å². The molecule has 2 N–H and O–H groups in total. The molecule has 0 fully saturated rings. The molecule has 2 aromatic rings. The van der Waals surface area contributed by atoms with E-state index in [4.69, 9.17) is 16.7 Å². The number of hydrogen-bond donors (Lipinski definition) is 2. The molecule has 7 heteroatoms. The summed E-state index contributed by atoms with van der Waals surface area (Å²) in [5.41, 5.74) is 0.297. The van der Waals surface area contributed by atoms with Crippen LogP contribution in [0.25, 0.3) is 0 Å². The molecule has 1 atom stereocenters. The van der Waals surface area contributed by atoms with E-state index in [9.17, 15) is 13.2 Å². The second-order valence-electron chi connectivity index (χ2n) is 4.24. The van der Waals surface area contributed by atoms with E-state index in [1.54, 1.807) is 18.2 Å². The first kappa shape index (κ1) is 15.3. The summed E-state index contributed by atoms with van der Waals surface area (Å²) in [6, 6.07) is 13.6. The molecule has 0 bridgehead atoms. The maximum absolute atomic E-state index is 12.6. The fourth-order valence-electron chi connectivity index (χ4n) is 1.84. The zero-order valence-corrected chi connectivity index (χ0v) is 12.3. The Morgan fingerprint density at radius 2 is 1.62 bits per heavy atom. The molecular formula is C14H12ClNO4S. The Morgan fingerprint density at radius 1 is 1.05 bits per heavy atom. The monoisotopic (exact) mass is 325 g/mol. The van der Waals surface area contributed by atoms with Crippen LogP contribution in [0.2, 0.25) is 5.02 Å². The van der Waals surface area contributed by atoms with Crippen molar-refractivity contribution in [2.45, 2.75) is 10.3 Å². The Labute approximate surface area is 127 Å². The molecule has 0 aliphatic carbocycles. The molecule has 0 spiro atoms. The zero-order chi connectivity index (χ0) is 15.5. The van der Waals surface area contributed by atoms with Gasteiger partial charge >= 0.3 is 6.09 Å². The topological polar surface area (TPSA) is 83.5 Å². The molecule has 0 aliphatic heterocycles. The van der Waals surface area contributed by atoms with Crippen LogP contribution in [0.3, 0.4) is 0 Å². The van der Waals surface area contributed by atoms with E-state index in [2.05, 4.69) is 0 Å². The standard InChI is InChI=1S/C14H12ClNO4S/c15-11-8-6-10(7-9-11)13(16-14(17)18)21(19,20)12-4-2-1-3-5-12/h1-9,13,16H,(H,17,18). The SMILES string of the molecule is O=C(O)NC(c1ccc(Cl)cc1)S(=O)(=O)c1ccccc1. The predicted molar refractivity (Wildman–Crippen MR) is 79.0 cm³/mol. The van der Waals surface area contributed by atoms with Crippen molar-refractivity contribution >= 4 is 27.5 Å². The summed E-state index contributed by atoms with van der Waals surface area (Å²) in [7, 11) is -3.90. The van der Waals surface area contributed by atoms with Crippen molar-refractivity contribution in [3.05, 3.63) is 65.2 Å². The molecule has 2 rings (SSSR count). The van der Waals surface area contributed by atoms with Crippen LogP contribution in [0.1, 0.15) is 10.9 Å². The summed E-state index contributed by atoms with van der Waals surface area (Å²) in [6.07, 6.45) is -1.42. The van der Waals surface area contributed by atoms with E-state index >= 15 is 0 Å². The van der Waals surface area contributed by atoms with Gasteiger partial charge in [0, 0.05) is 5.02 Å². The highest BCUT2D eigenvalue weighted by molar-refractivity contribution is 7.91. The number of rotatable bonds is 4. The first-order valence-electron chi connectivity index (χ1n) is 5.95. The van der Waals surface area contributed by atoms with E-state index in [1.165, 1.54) is 36.4 Å². The first-order chi connectivity index (χ1) is 9.91. The minimum atomic E-state index is -3.90. The molecule has 0 saturated heterocycles. The third-order valence-electron chi connectivity index (χ3n) is 2.81. The summed E-state index contributed by atoms with van der Waals surface area (Å²) in [5, 5.41) is 9.99. The van der Waals surface area contributed by atoms with Crippen LogP contribution in [-0.4, -0.2) is 19.6 Å². The summed E-state index contributed by atoms with van der Waals surface area (Å²) < 4.78 is 25.2. The molecular weight excluding hydrogens is 314 g/mol. The fraction of sp³-hybridized carbons (Fsp3) is 0.0714. The molecule has 5 nitrogen and oxygen atoms in total. The Kier molecular flexibility index (Phi) is 4.50. The fourth-order valence-corrected chi connectivity index (χ4v) is 3.54. The average molecular weight is 326 g/mol. The minimum Gasteiger partial charge on any atom is -0.465 e. The lowest BCUT2D eigenvalue weighted by Crippen LogP contribution is -2.32. The summed E-state index contributed by atoms with van der Waals surface area (Å²) >= 11 is 5.77. The van der Waals surface area contributed by atoms with Gasteiger partial charge in [-0.3, -0.25) is 0 Å². The third-order valence-corrected chi connectivity index (χ3v) is 5.00. The van der Waals surface area contributed by atoms with E-state index in [1.807, 2.05) is 5.32 Å². The maximum atomic E-state index is 12.6. The number of nitrogens with one attached hydrogen (secondary N) is 1. The summed E-state index contributed by atoms with van der Waals surface area (Å²) in [6.45, 7) is 0. The van der Waals surface area contributed by atoms with Crippen molar-refractivity contribution < 1.29 is 18.3 Å². The van der Waals surface area contributed by atoms with Crippen molar-refractivity contribution in [3.8, 4) is 0 Å². The van der Waals surface area contributed by atoms with Gasteiger partial charge in [-0.1, -0.05) is 41.9 Å². The number of benzene rings is 2. The summed E-state index contributed by atoms with van der Waals surface area (Å²) in [5.74, 6) is 0. The van der Waals surface area contributed by atoms with Gasteiger partial charge < -0.3 is 10.4 Å². The number of amides is 1. The zero-order valence-electron chi connectivity index (χ0n) is 10.7. The van der Waals surface area contributed by atoms with Gasteiger partial charge in [-0.05, 0) is 29.8 Å². The third kappa shape index (κ3) is 3.53. The van der Waals surface area contributed by atoms with Gasteiger partial charge in [-0.15, -0.1) is 0 Å². The van der Waals surface area contributed by atoms with Crippen LogP contribution in [0.4, 0.5) is 4.79 Å². The van der Waals surface area contributed by atoms with Crippen LogP contribution in [0, 0.1) is 0 Å². The molecule has 1 unspecified atom stereocenters. The molecule has 0 radical (unpaired) electrons. The van der Waals surface area contributed by atoms with Crippen LogP contribution >= 0.6 is 11.6 Å². The van der Waals surface area contributed by atoms with Crippen LogP contribution < -0.4 is 5.32 Å². The van der Waals surface area contributed by atoms with Crippen LogP contribution in [-0.2, 0) is 9.84 Å². The molecule has 1 amide bonds. The number of carbonyl (C=O) groups is 1. The van der Waals surface area contributed by atoms with Gasteiger partial charge in [-0.25, -0.2) is 13.2 Å². The van der Waals surface area contributed by atoms with E-state index < -0.39 is 21.3 Å². The Hall–Kier alpha value is -2.05. The molecule has 110 valence electrons. The lowest BCUT2D eigenvalue weighted by Gasteiger charge is -2.18. The van der Waals surface area contributed by atoms with Crippen molar-refractivity contribution in [1.82, 2.24) is 5.32 Å². The molecule has 0 saturated carbocycles. The van der Waals surface area contributed by atoms with Gasteiger partial charge in [-0.2, -0.15) is 0 Å². The van der Waals surface area contributed by atoms with Gasteiger partial charge in [0.25, 0.3) is 0 Å². The normalized spacial score (nSPS) is 12.6. The van der Waals surface area contributed by atoms with Crippen molar-refractivity contribution in [1.29, 1.82) is 0 Å². The van der Waals surface area contributed by atoms with Crippen molar-refractivity contribution in [3.63, 3.8) is 0 Å². The van der Waals surface area contributed by atoms with Crippen molar-refractivity contribution in [2.24, 2.45) is 0 Å². The highest BCUT2D eigenvalue weighted by atomic mass is 35.5. The van der Waals surface area contributed by atoms with E-state index in [0.717, 1.165) is 0 Å². The number of halogens is 1. The minimum absolute atomic E-state index is 0.0405. The number of hydrogen-bond acceptors (Lipinski definition) is 3. The van der Waals surface area contributed by atoms with E-state index in [-0.39, 0.29) is 4.90 Å². The van der Waals surface area contributed by atoms with Crippen LogP contribution in [0.15, 0.2) is 59.5 Å². The maximum Gasteiger partial charge on any atom is 0.405 e. The van der Waals surface area contributed by atoms with Crippen molar-refractivity contribution in [2.75, 3.05) is 0 Å². The van der Waals surface area contributed by atoms with Gasteiger partial charge in [0.05, 0.1) is 4.90 Å². The molecule has 21 heavy (non-hydrogen) atoms. The Bertz CT molecular complexity index is 729. The Morgan fingerprint density at radius 3 is 2.14 bits per heavy atom. The Balaban J connectivity index is 2.50. The van der Waals surface area contributed by atoms with Gasteiger partial charge in [0.1, 0.15) is 0 Å². The predicted octanol–water partition coefficient (Wildman–Crippen LogP) is 3.08. The highest BCUT2D eigenvalue weighted by Crippen LogP contribution is 2.27. The molecule has 0 aromatic heterocycles. The lowest BCUT2D eigenvalue weighted by atomic mass is 10.2. The second-order valence-corrected chi connectivity index (χ2v) is 6.71. The number of carboxylic acid groups (broad SMARTS) is 1. The highest BCUT2D eigenvalue weighted by Gasteiger charge is 2.30. The molecule has 2 aromatic carbocycles. The average Bonchev–Trinajstić information content (AvgIpc) is 2.46. The first-order valence-corrected chi connectivity index (χ1v) is 7.87. The van der Waals surface area contributed by atoms with Crippen LogP contribution in [0.5, 0.6) is 0 Å². The quantitative estimate of drug-likeness (QED) is 0.904. The smallest absolute Gasteiger partial charge is 0.405 e. The lowest BCUT2D eigenvalue weighted by molar-refractivity contribution is 0.193. The molecule has 0 heterocycles. The number of sulfone groups is 1. The van der Waals surface area contributed by atoms with Gasteiger partial charge in [0.2, 0.25) is 9.84 Å². The largest absolute Gasteiger partial charge is 0.465 e. The molecule has 0 aliphatic rings. The summed E-state index contributed by atoms with van der Waals surface area (Å²) in [4.78, 5) is 11.0. The van der Waals surface area contributed by atoms with E-state index in [0.29, 0.717) is 10.6 Å².